The molecule has 0 radical (unpaired) electrons. The summed E-state index contributed by atoms with van der Waals surface area (Å²) in [5.74, 6) is -1.73. The van der Waals surface area contributed by atoms with Crippen LogP contribution < -0.4 is 45.0 Å². The Kier molecular flexibility index (Phi) is 7.02. The minimum atomic E-state index is -1.53. The normalized spacial score (nSPS) is 20.3. The summed E-state index contributed by atoms with van der Waals surface area (Å²) in [6.45, 7) is 4.10. The molecule has 12 heteroatoms. The number of carbonyl (C=O) groups excluding carboxylic acids is 2. The van der Waals surface area contributed by atoms with Crippen molar-refractivity contribution in [1.29, 1.82) is 0 Å². The van der Waals surface area contributed by atoms with E-state index in [1.165, 1.54) is 4.90 Å². The number of aromatic nitrogens is 3. The van der Waals surface area contributed by atoms with Gasteiger partial charge in [0, 0.05) is 23.4 Å². The molecule has 0 spiro atoms. The third-order valence-corrected chi connectivity index (χ3v) is 6.02. The Hall–Kier alpha value is -2.44. The van der Waals surface area contributed by atoms with Crippen molar-refractivity contribution in [1.82, 2.24) is 15.0 Å². The minimum Gasteiger partial charge on any atom is -0.540 e. The molecule has 2 aromatic heterocycles. The molecule has 1 amide bonds. The summed E-state index contributed by atoms with van der Waals surface area (Å²) < 4.78 is 6.47. The second-order valence-electron chi connectivity index (χ2n) is 6.65. The molecule has 2 unspecified atom stereocenters. The number of nitrogens with zero attached hydrogens (tertiary/aromatic N) is 4. The van der Waals surface area contributed by atoms with Crippen molar-refractivity contribution < 1.29 is 58.4 Å². The second-order valence-corrected chi connectivity index (χ2v) is 7.76. The van der Waals surface area contributed by atoms with E-state index < -0.39 is 17.9 Å². The molecule has 0 bridgehead atoms. The third-order valence-electron chi connectivity index (χ3n) is 4.70. The number of carboxylic acid groups (broad SMARTS) is 1. The van der Waals surface area contributed by atoms with E-state index in [0.29, 0.717) is 23.6 Å². The standard InChI is InChI=1S/C19H17N5O5S.Na/c1-10(25)14-12(9-30-18-13(20)17(26)24(14)18)3-2-6-23-7-4-11(5-8-23)15-21-16(19(27)28)29-22-15;/h2-5,7-8,13,18H,1,6,9,20H2,(H-,25,27,28);/q;+1/b3-2+;. The topological polar surface area (TPSA) is 149 Å². The number of rotatable bonds is 6. The number of aromatic carboxylic acids is 1. The van der Waals surface area contributed by atoms with Crippen molar-refractivity contribution in [3.63, 3.8) is 0 Å². The van der Waals surface area contributed by atoms with Crippen LogP contribution >= 0.6 is 11.8 Å². The number of nitrogens with two attached hydrogens (primary N) is 1. The number of aliphatic hydroxyl groups excluding tert-OH is 1. The number of β-lactam (4-membered cyclic amide) rings is 1. The zero-order valence-electron chi connectivity index (χ0n) is 16.6. The van der Waals surface area contributed by atoms with Crippen LogP contribution in [0.25, 0.3) is 11.4 Å². The first-order valence-electron chi connectivity index (χ1n) is 8.89. The number of fused-ring (bicyclic) bond motifs is 1. The summed E-state index contributed by atoms with van der Waals surface area (Å²) in [6.07, 6.45) is 7.30. The second kappa shape index (κ2) is 9.37. The summed E-state index contributed by atoms with van der Waals surface area (Å²) >= 11 is 1.55. The molecule has 4 rings (SSSR count). The Balaban J connectivity index is 0.00000272. The molecule has 4 heterocycles. The Morgan fingerprint density at radius 2 is 2.19 bits per heavy atom. The van der Waals surface area contributed by atoms with Crippen LogP contribution in [0.3, 0.4) is 0 Å². The first-order valence-corrected chi connectivity index (χ1v) is 9.94. The van der Waals surface area contributed by atoms with Gasteiger partial charge in [0.05, 0.1) is 5.70 Å². The van der Waals surface area contributed by atoms with Gasteiger partial charge < -0.3 is 25.3 Å². The molecular formula is C19H17N5NaO5S+. The number of pyridine rings is 1. The molecule has 31 heavy (non-hydrogen) atoms. The maximum Gasteiger partial charge on any atom is 1.00 e. The fraction of sp³-hybridized carbons (Fsp3) is 0.211. The maximum absolute atomic E-state index is 12.1. The van der Waals surface area contributed by atoms with Gasteiger partial charge in [0.1, 0.15) is 23.1 Å². The largest absolute Gasteiger partial charge is 1.00 e. The van der Waals surface area contributed by atoms with E-state index in [0.717, 1.165) is 5.57 Å². The quantitative estimate of drug-likeness (QED) is 0.198. The molecule has 2 aliphatic heterocycles. The number of amides is 1. The monoisotopic (exact) mass is 450 g/mol. The van der Waals surface area contributed by atoms with Crippen LogP contribution in [0.4, 0.5) is 0 Å². The van der Waals surface area contributed by atoms with E-state index in [2.05, 4.69) is 21.2 Å². The molecule has 3 N–H and O–H groups in total. The van der Waals surface area contributed by atoms with Crippen LogP contribution in [0, 0.1) is 0 Å². The Bertz CT molecular complexity index is 1100. The Morgan fingerprint density at radius 3 is 2.81 bits per heavy atom. The van der Waals surface area contributed by atoms with Crippen molar-refractivity contribution in [3.8, 4) is 11.4 Å². The van der Waals surface area contributed by atoms with E-state index in [1.54, 1.807) is 36.3 Å². The molecular weight excluding hydrogens is 433 g/mol. The number of thioether (sulfide) groups is 1. The number of allylic oxidation sites excluding steroid dienone is 2. The third kappa shape index (κ3) is 4.46. The summed E-state index contributed by atoms with van der Waals surface area (Å²) in [7, 11) is 0. The summed E-state index contributed by atoms with van der Waals surface area (Å²) in [6, 6.07) is 2.89. The van der Waals surface area contributed by atoms with Gasteiger partial charge in [0.25, 0.3) is 5.89 Å². The molecule has 1 saturated heterocycles. The van der Waals surface area contributed by atoms with Gasteiger partial charge in [-0.15, -0.1) is 11.8 Å². The number of hydrogen-bond acceptors (Lipinski definition) is 9. The van der Waals surface area contributed by atoms with Gasteiger partial charge in [-0.1, -0.05) is 17.8 Å². The fourth-order valence-electron chi connectivity index (χ4n) is 3.22. The Morgan fingerprint density at radius 1 is 1.48 bits per heavy atom. The molecule has 2 aliphatic rings. The van der Waals surface area contributed by atoms with Gasteiger partial charge in [-0.3, -0.25) is 9.69 Å². The van der Waals surface area contributed by atoms with Crippen LogP contribution in [0.5, 0.6) is 0 Å². The first kappa shape index (κ1) is 23.2. The minimum absolute atomic E-state index is 0. The van der Waals surface area contributed by atoms with E-state index in [-0.39, 0.29) is 52.4 Å². The number of aliphatic hydroxyl groups is 1. The average molecular weight is 450 g/mol. The molecule has 2 aromatic rings. The molecule has 0 saturated carbocycles. The van der Waals surface area contributed by atoms with Gasteiger partial charge in [-0.2, -0.15) is 4.98 Å². The van der Waals surface area contributed by atoms with Crippen molar-refractivity contribution in [3.05, 3.63) is 66.2 Å². The van der Waals surface area contributed by atoms with Gasteiger partial charge >= 0.3 is 29.6 Å². The Labute approximate surface area is 203 Å². The zero-order chi connectivity index (χ0) is 21.4. The van der Waals surface area contributed by atoms with Crippen LogP contribution in [0.1, 0.15) is 10.7 Å². The van der Waals surface area contributed by atoms with Crippen LogP contribution in [-0.4, -0.2) is 49.2 Å². The van der Waals surface area contributed by atoms with E-state index in [1.807, 2.05) is 16.7 Å². The molecule has 2 atom stereocenters. The van der Waals surface area contributed by atoms with Crippen molar-refractivity contribution >= 4 is 23.6 Å². The molecule has 154 valence electrons. The number of hydrogen-bond donors (Lipinski definition) is 2. The molecule has 1 fully saturated rings. The van der Waals surface area contributed by atoms with Gasteiger partial charge in [-0.05, 0) is 11.6 Å². The first-order chi connectivity index (χ1) is 14.4. The predicted molar refractivity (Wildman–Crippen MR) is 103 cm³/mol. The van der Waals surface area contributed by atoms with Gasteiger partial charge in [0.15, 0.2) is 18.9 Å². The summed E-state index contributed by atoms with van der Waals surface area (Å²) in [5, 5.41) is 24.1. The van der Waals surface area contributed by atoms with E-state index in [9.17, 15) is 19.8 Å². The van der Waals surface area contributed by atoms with Crippen LogP contribution in [0.15, 0.2) is 64.8 Å². The van der Waals surface area contributed by atoms with Crippen molar-refractivity contribution in [2.24, 2.45) is 5.73 Å². The smallest absolute Gasteiger partial charge is 0.540 e. The summed E-state index contributed by atoms with van der Waals surface area (Å²) in [4.78, 5) is 28.0. The van der Waals surface area contributed by atoms with Crippen LogP contribution in [-0.2, 0) is 11.3 Å². The molecule has 10 nitrogen and oxygen atoms in total. The molecule has 0 aliphatic carbocycles. The SMILES string of the molecule is C=C(O)C1=C(/C=C/C[n+]2ccc(-c3noc(C(=O)[O-])n3)cc2)CSC2C(N)C(=O)N12.[Na+]. The predicted octanol–water partition coefficient (Wildman–Crippen LogP) is -3.48. The van der Waals surface area contributed by atoms with Crippen LogP contribution in [0.2, 0.25) is 0 Å². The maximum atomic E-state index is 12.1. The zero-order valence-corrected chi connectivity index (χ0v) is 19.4. The van der Waals surface area contributed by atoms with Crippen molar-refractivity contribution in [2.45, 2.75) is 18.0 Å². The van der Waals surface area contributed by atoms with Crippen molar-refractivity contribution in [2.75, 3.05) is 5.75 Å². The number of carboxylic acids is 1. The van der Waals surface area contributed by atoms with E-state index in [4.69, 9.17) is 5.73 Å². The van der Waals surface area contributed by atoms with Gasteiger partial charge in [-0.25, -0.2) is 4.57 Å². The van der Waals surface area contributed by atoms with E-state index >= 15 is 0 Å². The fourth-order valence-corrected chi connectivity index (χ4v) is 4.49. The van der Waals surface area contributed by atoms with Gasteiger partial charge in [0.2, 0.25) is 11.7 Å². The number of carbonyl (C=O) groups is 2. The molecule has 0 aromatic carbocycles. The average Bonchev–Trinajstić information content (AvgIpc) is 3.23. The summed E-state index contributed by atoms with van der Waals surface area (Å²) in [5.41, 5.74) is 7.62.